The summed E-state index contributed by atoms with van der Waals surface area (Å²) in [6.07, 6.45) is 2.13. The molecule has 0 fully saturated rings. The van der Waals surface area contributed by atoms with Crippen molar-refractivity contribution in [2.75, 3.05) is 0 Å². The van der Waals surface area contributed by atoms with E-state index >= 15 is 0 Å². The van der Waals surface area contributed by atoms with Gasteiger partial charge in [0, 0.05) is 10.9 Å². The van der Waals surface area contributed by atoms with Gasteiger partial charge in [-0.05, 0) is 31.4 Å². The van der Waals surface area contributed by atoms with E-state index in [9.17, 15) is 0 Å². The van der Waals surface area contributed by atoms with Crippen LogP contribution in [0.25, 0.3) is 6.08 Å². The summed E-state index contributed by atoms with van der Waals surface area (Å²) < 4.78 is 0. The summed E-state index contributed by atoms with van der Waals surface area (Å²) in [7, 11) is 0. The van der Waals surface area contributed by atoms with Crippen LogP contribution in [0.4, 0.5) is 0 Å². The van der Waals surface area contributed by atoms with Gasteiger partial charge in [-0.25, -0.2) is 0 Å². The van der Waals surface area contributed by atoms with E-state index < -0.39 is 0 Å². The number of hydrogen-bond acceptors (Lipinski definition) is 2. The third-order valence-electron chi connectivity index (χ3n) is 1.63. The maximum Gasteiger partial charge on any atom is 0.0270 e. The van der Waals surface area contributed by atoms with Crippen molar-refractivity contribution < 1.29 is 0 Å². The van der Waals surface area contributed by atoms with Crippen LogP contribution >= 0.6 is 11.3 Å². The van der Waals surface area contributed by atoms with Crippen LogP contribution in [0, 0.1) is 0 Å². The Labute approximate surface area is 71.5 Å². The molecule has 0 amide bonds. The van der Waals surface area contributed by atoms with E-state index in [2.05, 4.69) is 24.4 Å². The van der Waals surface area contributed by atoms with Crippen molar-refractivity contribution in [2.24, 2.45) is 5.73 Å². The number of thiophene rings is 1. The summed E-state index contributed by atoms with van der Waals surface area (Å²) in [6, 6.07) is 4.30. The summed E-state index contributed by atoms with van der Waals surface area (Å²) in [5.41, 5.74) is 6.92. The highest BCUT2D eigenvalue weighted by Crippen LogP contribution is 2.13. The topological polar surface area (TPSA) is 26.0 Å². The molecular weight excluding hydrogens is 154 g/mol. The molecule has 0 radical (unpaired) electrons. The molecule has 0 spiro atoms. The largest absolute Gasteiger partial charge is 0.324 e. The molecule has 60 valence electrons. The average molecular weight is 167 g/mol. The number of hydrogen-bond donors (Lipinski definition) is 1. The van der Waals surface area contributed by atoms with Crippen LogP contribution in [0.3, 0.4) is 0 Å². The molecule has 11 heavy (non-hydrogen) atoms. The van der Waals surface area contributed by atoms with Crippen molar-refractivity contribution in [1.82, 2.24) is 0 Å². The molecule has 2 N–H and O–H groups in total. The Bertz CT molecular complexity index is 234. The first-order valence-electron chi connectivity index (χ1n) is 3.67. The third-order valence-corrected chi connectivity index (χ3v) is 2.45. The van der Waals surface area contributed by atoms with Crippen LogP contribution in [0.2, 0.25) is 0 Å². The van der Waals surface area contributed by atoms with Crippen molar-refractivity contribution in [1.29, 1.82) is 0 Å². The van der Waals surface area contributed by atoms with Crippen LogP contribution < -0.4 is 5.73 Å². The summed E-state index contributed by atoms with van der Waals surface area (Å²) in [5.74, 6) is 0. The van der Waals surface area contributed by atoms with Crippen LogP contribution in [-0.4, -0.2) is 6.04 Å². The van der Waals surface area contributed by atoms with Gasteiger partial charge in [-0.1, -0.05) is 11.6 Å². The molecule has 1 atom stereocenters. The Morgan fingerprint density at radius 1 is 1.73 bits per heavy atom. The average Bonchev–Trinajstić information content (AvgIpc) is 2.39. The van der Waals surface area contributed by atoms with Crippen LogP contribution in [0.15, 0.2) is 23.1 Å². The summed E-state index contributed by atoms with van der Waals surface area (Å²) in [4.78, 5) is 1.28. The molecule has 0 aliphatic carbocycles. The molecule has 1 nitrogen and oxygen atoms in total. The van der Waals surface area contributed by atoms with Crippen molar-refractivity contribution in [3.05, 3.63) is 28.0 Å². The lowest BCUT2D eigenvalue weighted by Crippen LogP contribution is -2.15. The molecule has 1 unspecified atom stereocenters. The second-order valence-electron chi connectivity index (χ2n) is 2.69. The zero-order valence-electron chi connectivity index (χ0n) is 6.87. The lowest BCUT2D eigenvalue weighted by Gasteiger charge is -2.02. The zero-order chi connectivity index (χ0) is 8.27. The van der Waals surface area contributed by atoms with Crippen LogP contribution in [0.1, 0.15) is 18.7 Å². The fourth-order valence-corrected chi connectivity index (χ4v) is 1.45. The van der Waals surface area contributed by atoms with Crippen molar-refractivity contribution in [3.63, 3.8) is 0 Å². The van der Waals surface area contributed by atoms with Crippen molar-refractivity contribution >= 4 is 17.4 Å². The summed E-state index contributed by atoms with van der Waals surface area (Å²) in [5, 5.41) is 2.07. The lowest BCUT2D eigenvalue weighted by molar-refractivity contribution is 0.868. The van der Waals surface area contributed by atoms with Gasteiger partial charge in [-0.3, -0.25) is 0 Å². The molecule has 0 saturated heterocycles. The van der Waals surface area contributed by atoms with Crippen molar-refractivity contribution in [3.8, 4) is 0 Å². The minimum Gasteiger partial charge on any atom is -0.324 e. The third kappa shape index (κ3) is 2.48. The van der Waals surface area contributed by atoms with Gasteiger partial charge in [0.1, 0.15) is 0 Å². The van der Waals surface area contributed by atoms with E-state index in [0.29, 0.717) is 0 Å². The molecule has 0 aliphatic heterocycles. The first-order chi connectivity index (χ1) is 5.20. The predicted molar refractivity (Wildman–Crippen MR) is 51.6 cm³/mol. The SMILES string of the molecule is C/C(=C\c1cccs1)C(C)N. The first-order valence-corrected chi connectivity index (χ1v) is 4.55. The second kappa shape index (κ2) is 3.69. The highest BCUT2D eigenvalue weighted by Gasteiger charge is 1.96. The summed E-state index contributed by atoms with van der Waals surface area (Å²) >= 11 is 1.74. The van der Waals surface area contributed by atoms with Gasteiger partial charge in [0.15, 0.2) is 0 Å². The Kier molecular flexibility index (Phi) is 2.85. The maximum atomic E-state index is 5.69. The van der Waals surface area contributed by atoms with Gasteiger partial charge >= 0.3 is 0 Å². The minimum atomic E-state index is 0.164. The van der Waals surface area contributed by atoms with Gasteiger partial charge in [-0.2, -0.15) is 0 Å². The Hall–Kier alpha value is -0.600. The van der Waals surface area contributed by atoms with Gasteiger partial charge in [0.2, 0.25) is 0 Å². The molecule has 0 aliphatic rings. The molecular formula is C9H13NS. The van der Waals surface area contributed by atoms with Gasteiger partial charge < -0.3 is 5.73 Å². The van der Waals surface area contributed by atoms with Gasteiger partial charge in [0.25, 0.3) is 0 Å². The van der Waals surface area contributed by atoms with E-state index in [4.69, 9.17) is 5.73 Å². The highest BCUT2D eigenvalue weighted by atomic mass is 32.1. The molecule has 0 saturated carbocycles. The quantitative estimate of drug-likeness (QED) is 0.719. The Morgan fingerprint density at radius 2 is 2.45 bits per heavy atom. The highest BCUT2D eigenvalue weighted by molar-refractivity contribution is 7.10. The Morgan fingerprint density at radius 3 is 2.91 bits per heavy atom. The molecule has 1 rings (SSSR count). The van der Waals surface area contributed by atoms with Crippen LogP contribution in [0.5, 0.6) is 0 Å². The first kappa shape index (κ1) is 8.50. The second-order valence-corrected chi connectivity index (χ2v) is 3.67. The number of nitrogens with two attached hydrogens (primary N) is 1. The van der Waals surface area contributed by atoms with E-state index in [1.54, 1.807) is 11.3 Å². The minimum absolute atomic E-state index is 0.164. The van der Waals surface area contributed by atoms with Crippen LogP contribution in [-0.2, 0) is 0 Å². The predicted octanol–water partition coefficient (Wildman–Crippen LogP) is 2.50. The van der Waals surface area contributed by atoms with Gasteiger partial charge in [-0.15, -0.1) is 11.3 Å². The molecule has 2 heteroatoms. The number of rotatable bonds is 2. The van der Waals surface area contributed by atoms with Crippen molar-refractivity contribution in [2.45, 2.75) is 19.9 Å². The molecule has 1 heterocycles. The smallest absolute Gasteiger partial charge is 0.0270 e. The lowest BCUT2D eigenvalue weighted by atomic mass is 10.1. The molecule has 0 bridgehead atoms. The molecule has 1 aromatic rings. The summed E-state index contributed by atoms with van der Waals surface area (Å²) in [6.45, 7) is 4.06. The normalized spacial score (nSPS) is 15.0. The zero-order valence-corrected chi connectivity index (χ0v) is 7.69. The van der Waals surface area contributed by atoms with E-state index in [0.717, 1.165) is 0 Å². The maximum absolute atomic E-state index is 5.69. The van der Waals surface area contributed by atoms with Gasteiger partial charge in [0.05, 0.1) is 0 Å². The molecule has 1 aromatic heterocycles. The Balaban J connectivity index is 2.74. The monoisotopic (exact) mass is 167 g/mol. The fourth-order valence-electron chi connectivity index (χ4n) is 0.729. The van der Waals surface area contributed by atoms with E-state index in [1.807, 2.05) is 13.0 Å². The standard InChI is InChI=1S/C9H13NS/c1-7(8(2)10)6-9-4-3-5-11-9/h3-6,8H,10H2,1-2H3/b7-6+. The van der Waals surface area contributed by atoms with E-state index in [-0.39, 0.29) is 6.04 Å². The van der Waals surface area contributed by atoms with E-state index in [1.165, 1.54) is 10.5 Å². The molecule has 0 aromatic carbocycles. The fraction of sp³-hybridized carbons (Fsp3) is 0.333.